The Bertz CT molecular complexity index is 1270. The molecule has 0 aliphatic rings. The van der Waals surface area contributed by atoms with E-state index in [2.05, 4.69) is 15.4 Å². The zero-order valence-electron chi connectivity index (χ0n) is 15.8. The van der Waals surface area contributed by atoms with Crippen molar-refractivity contribution in [3.8, 4) is 11.4 Å². The molecule has 152 valence electrons. The Labute approximate surface area is 174 Å². The van der Waals surface area contributed by atoms with E-state index >= 15 is 0 Å². The van der Waals surface area contributed by atoms with Crippen LogP contribution in [0.5, 0.6) is 0 Å². The number of rotatable bonds is 6. The first-order valence-electron chi connectivity index (χ1n) is 9.06. The van der Waals surface area contributed by atoms with E-state index < -0.39 is 10.7 Å². The van der Waals surface area contributed by atoms with Gasteiger partial charge >= 0.3 is 0 Å². The first kappa shape index (κ1) is 19.6. The number of carbonyl (C=O) groups is 1. The summed E-state index contributed by atoms with van der Waals surface area (Å²) in [5.74, 6) is -0.470. The van der Waals surface area contributed by atoms with Crippen LogP contribution in [0.15, 0.2) is 47.8 Å². The number of aromatic nitrogens is 3. The second kappa shape index (κ2) is 7.99. The predicted molar refractivity (Wildman–Crippen MR) is 110 cm³/mol. The molecule has 0 fully saturated rings. The first-order chi connectivity index (χ1) is 14.5. The Morgan fingerprint density at radius 2 is 2.07 bits per heavy atom. The molecule has 0 radical (unpaired) electrons. The molecule has 4 aromatic rings. The van der Waals surface area contributed by atoms with Gasteiger partial charge in [-0.25, -0.2) is 8.91 Å². The number of amides is 1. The molecule has 0 bridgehead atoms. The highest BCUT2D eigenvalue weighted by Crippen LogP contribution is 2.23. The molecule has 8 nitrogen and oxygen atoms in total. The van der Waals surface area contributed by atoms with Gasteiger partial charge in [-0.1, -0.05) is 18.2 Å². The average molecular weight is 425 g/mol. The van der Waals surface area contributed by atoms with E-state index in [0.717, 1.165) is 5.69 Å². The highest BCUT2D eigenvalue weighted by atomic mass is 32.1. The molecule has 2 aromatic carbocycles. The quantitative estimate of drug-likeness (QED) is 0.374. The number of halogens is 1. The topological polar surface area (TPSA) is 102 Å². The van der Waals surface area contributed by atoms with E-state index in [1.54, 1.807) is 35.7 Å². The van der Waals surface area contributed by atoms with Gasteiger partial charge in [-0.3, -0.25) is 14.9 Å². The van der Waals surface area contributed by atoms with Gasteiger partial charge in [-0.05, 0) is 25.1 Å². The van der Waals surface area contributed by atoms with Gasteiger partial charge in [0.1, 0.15) is 5.82 Å². The third kappa shape index (κ3) is 3.64. The fourth-order valence-electron chi connectivity index (χ4n) is 3.12. The summed E-state index contributed by atoms with van der Waals surface area (Å²) >= 11 is 1.38. The molecule has 0 spiro atoms. The second-order valence-corrected chi connectivity index (χ2v) is 7.39. The normalized spacial score (nSPS) is 11.0. The van der Waals surface area contributed by atoms with Crippen LogP contribution in [0.2, 0.25) is 0 Å². The van der Waals surface area contributed by atoms with E-state index in [-0.39, 0.29) is 17.2 Å². The number of carbonyl (C=O) groups excluding carboxylic acids is 1. The van der Waals surface area contributed by atoms with E-state index in [9.17, 15) is 19.3 Å². The number of nitrogens with zero attached hydrogens (tertiary/aromatic N) is 4. The number of hydrogen-bond donors (Lipinski definition) is 1. The van der Waals surface area contributed by atoms with Crippen LogP contribution in [-0.2, 0) is 6.42 Å². The lowest BCUT2D eigenvalue weighted by Gasteiger charge is -2.07. The van der Waals surface area contributed by atoms with Crippen LogP contribution in [0, 0.1) is 22.9 Å². The van der Waals surface area contributed by atoms with E-state index in [4.69, 9.17) is 0 Å². The second-order valence-electron chi connectivity index (χ2n) is 6.55. The summed E-state index contributed by atoms with van der Waals surface area (Å²) in [7, 11) is 0. The molecule has 0 saturated heterocycles. The maximum Gasteiger partial charge on any atom is 0.273 e. The molecular weight excluding hydrogens is 409 g/mol. The minimum Gasteiger partial charge on any atom is -0.352 e. The lowest BCUT2D eigenvalue weighted by atomic mass is 10.1. The van der Waals surface area contributed by atoms with Gasteiger partial charge in [0.2, 0.25) is 4.96 Å². The van der Waals surface area contributed by atoms with Crippen molar-refractivity contribution in [2.24, 2.45) is 0 Å². The Kier molecular flexibility index (Phi) is 5.23. The van der Waals surface area contributed by atoms with Gasteiger partial charge in [0.15, 0.2) is 5.82 Å². The third-order valence-corrected chi connectivity index (χ3v) is 5.54. The molecule has 10 heteroatoms. The molecule has 0 atom stereocenters. The van der Waals surface area contributed by atoms with Crippen LogP contribution < -0.4 is 5.32 Å². The van der Waals surface area contributed by atoms with Gasteiger partial charge < -0.3 is 5.32 Å². The van der Waals surface area contributed by atoms with Crippen LogP contribution in [0.25, 0.3) is 16.3 Å². The van der Waals surface area contributed by atoms with Crippen molar-refractivity contribution in [2.75, 3.05) is 6.54 Å². The number of hydrogen-bond acceptors (Lipinski definition) is 6. The number of nitrogens with one attached hydrogen (secondary N) is 1. The highest BCUT2D eigenvalue weighted by molar-refractivity contribution is 7.15. The van der Waals surface area contributed by atoms with Crippen LogP contribution in [0.3, 0.4) is 0 Å². The zero-order valence-corrected chi connectivity index (χ0v) is 16.6. The average Bonchev–Trinajstić information content (AvgIpc) is 3.30. The fourth-order valence-corrected chi connectivity index (χ4v) is 3.98. The summed E-state index contributed by atoms with van der Waals surface area (Å²) in [5.41, 5.74) is 1.64. The van der Waals surface area contributed by atoms with Crippen LogP contribution >= 0.6 is 11.3 Å². The van der Waals surface area contributed by atoms with Crippen molar-refractivity contribution in [2.45, 2.75) is 13.3 Å². The van der Waals surface area contributed by atoms with Crippen LogP contribution in [0.4, 0.5) is 10.1 Å². The SMILES string of the molecule is Cc1c(C(=O)NCCc2csc3nc(-c4ccccc4F)nn23)cccc1[N+](=O)[O-]. The molecule has 0 aliphatic carbocycles. The lowest BCUT2D eigenvalue weighted by molar-refractivity contribution is -0.385. The van der Waals surface area contributed by atoms with Crippen molar-refractivity contribution >= 4 is 27.9 Å². The third-order valence-electron chi connectivity index (χ3n) is 4.68. The number of nitro groups is 1. The van der Waals surface area contributed by atoms with Gasteiger partial charge in [0.05, 0.1) is 16.2 Å². The molecule has 4 rings (SSSR count). The minimum atomic E-state index is -0.508. The predicted octanol–water partition coefficient (Wildman–Crippen LogP) is 3.79. The van der Waals surface area contributed by atoms with E-state index in [0.29, 0.717) is 34.9 Å². The van der Waals surface area contributed by atoms with Crippen LogP contribution in [0.1, 0.15) is 21.6 Å². The molecule has 2 heterocycles. The Balaban J connectivity index is 1.47. The molecule has 0 unspecified atom stereocenters. The molecule has 0 aliphatic heterocycles. The van der Waals surface area contributed by atoms with E-state index in [1.807, 2.05) is 5.38 Å². The van der Waals surface area contributed by atoms with Gasteiger partial charge in [0.25, 0.3) is 11.6 Å². The summed E-state index contributed by atoms with van der Waals surface area (Å²) in [6.07, 6.45) is 0.472. The molecule has 2 aromatic heterocycles. The summed E-state index contributed by atoms with van der Waals surface area (Å²) in [5, 5.41) is 20.1. The molecule has 30 heavy (non-hydrogen) atoms. The van der Waals surface area contributed by atoms with Gasteiger partial charge in [0, 0.05) is 35.5 Å². The fraction of sp³-hybridized carbons (Fsp3) is 0.150. The summed E-state index contributed by atoms with van der Waals surface area (Å²) in [4.78, 5) is 28.0. The number of benzene rings is 2. The lowest BCUT2D eigenvalue weighted by Crippen LogP contribution is -2.26. The highest BCUT2D eigenvalue weighted by Gasteiger charge is 2.18. The number of nitro benzene ring substituents is 1. The minimum absolute atomic E-state index is 0.0921. The monoisotopic (exact) mass is 425 g/mol. The summed E-state index contributed by atoms with van der Waals surface area (Å²) in [6, 6.07) is 10.7. The van der Waals surface area contributed by atoms with Crippen molar-refractivity contribution in [1.29, 1.82) is 0 Å². The number of fused-ring (bicyclic) bond motifs is 1. The van der Waals surface area contributed by atoms with Gasteiger partial charge in [-0.2, -0.15) is 4.98 Å². The van der Waals surface area contributed by atoms with Crippen LogP contribution in [-0.4, -0.2) is 32.0 Å². The molecule has 1 amide bonds. The molecule has 0 saturated carbocycles. The Hall–Kier alpha value is -3.66. The van der Waals surface area contributed by atoms with E-state index in [1.165, 1.54) is 29.5 Å². The van der Waals surface area contributed by atoms with Crippen molar-refractivity contribution in [3.63, 3.8) is 0 Å². The molecule has 1 N–H and O–H groups in total. The van der Waals surface area contributed by atoms with Crippen molar-refractivity contribution in [1.82, 2.24) is 19.9 Å². The Morgan fingerprint density at radius 3 is 2.83 bits per heavy atom. The standard InChI is InChI=1S/C20H16FN5O3S/c1-12-14(6-4-8-17(12)26(28)29)19(27)22-10-9-13-11-30-20-23-18(24-25(13)20)15-5-2-3-7-16(15)21/h2-8,11H,9-10H2,1H3,(H,22,27). The molecular formula is C20H16FN5O3S. The zero-order chi connectivity index (χ0) is 21.3. The number of thiazole rings is 1. The smallest absolute Gasteiger partial charge is 0.273 e. The summed E-state index contributed by atoms with van der Waals surface area (Å²) in [6.45, 7) is 1.86. The maximum atomic E-state index is 14.0. The summed E-state index contributed by atoms with van der Waals surface area (Å²) < 4.78 is 15.6. The first-order valence-corrected chi connectivity index (χ1v) is 9.94. The largest absolute Gasteiger partial charge is 0.352 e. The van der Waals surface area contributed by atoms with Crippen molar-refractivity contribution < 1.29 is 14.1 Å². The van der Waals surface area contributed by atoms with Crippen molar-refractivity contribution in [3.05, 3.63) is 80.6 Å². The Morgan fingerprint density at radius 1 is 1.27 bits per heavy atom. The maximum absolute atomic E-state index is 14.0. The van der Waals surface area contributed by atoms with Gasteiger partial charge in [-0.15, -0.1) is 16.4 Å².